The second-order valence-electron chi connectivity index (χ2n) is 6.64. The average Bonchev–Trinajstić information content (AvgIpc) is 3.27. The molecule has 1 heterocycles. The highest BCUT2D eigenvalue weighted by molar-refractivity contribution is 5.94. The highest BCUT2D eigenvalue weighted by Gasteiger charge is 2.57. The van der Waals surface area contributed by atoms with Gasteiger partial charge in [-0.15, -0.1) is 0 Å². The summed E-state index contributed by atoms with van der Waals surface area (Å²) < 4.78 is 0. The fraction of sp³-hybridized carbons (Fsp3) is 0.556. The van der Waals surface area contributed by atoms with Crippen LogP contribution in [0, 0.1) is 11.3 Å². The lowest BCUT2D eigenvalue weighted by Crippen LogP contribution is -2.33. The molecule has 5 heteroatoms. The molecule has 1 aliphatic carbocycles. The summed E-state index contributed by atoms with van der Waals surface area (Å²) in [6.07, 6.45) is 3.27. The maximum Gasteiger partial charge on any atom is 0.251 e. The number of rotatable bonds is 5. The van der Waals surface area contributed by atoms with Gasteiger partial charge < -0.3 is 16.0 Å². The third-order valence-corrected chi connectivity index (χ3v) is 5.13. The quantitative estimate of drug-likeness (QED) is 0.770. The Labute approximate surface area is 137 Å². The van der Waals surface area contributed by atoms with Crippen molar-refractivity contribution < 1.29 is 9.59 Å². The molecule has 1 aliphatic heterocycles. The Balaban J connectivity index is 1.49. The second-order valence-corrected chi connectivity index (χ2v) is 6.64. The Morgan fingerprint density at radius 2 is 1.87 bits per heavy atom. The molecule has 124 valence electrons. The van der Waals surface area contributed by atoms with Crippen molar-refractivity contribution in [3.05, 3.63) is 35.4 Å². The minimum absolute atomic E-state index is 0.0612. The van der Waals surface area contributed by atoms with Crippen LogP contribution in [0.4, 0.5) is 0 Å². The van der Waals surface area contributed by atoms with Gasteiger partial charge in [-0.05, 0) is 62.4 Å². The van der Waals surface area contributed by atoms with Crippen LogP contribution in [0.2, 0.25) is 0 Å². The molecule has 2 amide bonds. The smallest absolute Gasteiger partial charge is 0.251 e. The molecule has 1 aromatic carbocycles. The van der Waals surface area contributed by atoms with E-state index in [2.05, 4.69) is 16.0 Å². The first-order chi connectivity index (χ1) is 11.1. The molecular weight excluding hydrogens is 290 g/mol. The first-order valence-electron chi connectivity index (χ1n) is 8.50. The molecule has 0 bridgehead atoms. The van der Waals surface area contributed by atoms with Crippen molar-refractivity contribution >= 4 is 11.8 Å². The number of hydrogen-bond acceptors (Lipinski definition) is 3. The molecule has 5 nitrogen and oxygen atoms in total. The van der Waals surface area contributed by atoms with Crippen LogP contribution < -0.4 is 16.0 Å². The first-order valence-corrected chi connectivity index (χ1v) is 8.50. The molecule has 1 atom stereocenters. The fourth-order valence-corrected chi connectivity index (χ4v) is 3.54. The van der Waals surface area contributed by atoms with Crippen LogP contribution in [0.15, 0.2) is 24.3 Å². The predicted molar refractivity (Wildman–Crippen MR) is 88.9 cm³/mol. The van der Waals surface area contributed by atoms with E-state index in [1.165, 1.54) is 0 Å². The maximum atomic E-state index is 12.3. The summed E-state index contributed by atoms with van der Waals surface area (Å²) in [5, 5.41) is 9.18. The summed E-state index contributed by atoms with van der Waals surface area (Å²) in [7, 11) is 0. The number of nitrogens with one attached hydrogen (secondary N) is 3. The van der Waals surface area contributed by atoms with E-state index in [9.17, 15) is 9.59 Å². The Kier molecular flexibility index (Phi) is 4.66. The summed E-state index contributed by atoms with van der Waals surface area (Å²) in [5.41, 5.74) is 1.95. The average molecular weight is 315 g/mol. The zero-order chi connectivity index (χ0) is 16.3. The Morgan fingerprint density at radius 3 is 2.52 bits per heavy atom. The van der Waals surface area contributed by atoms with Crippen LogP contribution >= 0.6 is 0 Å². The molecule has 3 N–H and O–H groups in total. The van der Waals surface area contributed by atoms with Crippen molar-refractivity contribution in [1.82, 2.24) is 16.0 Å². The lowest BCUT2D eigenvalue weighted by Gasteiger charge is -2.23. The number of hydrogen-bond donors (Lipinski definition) is 3. The van der Waals surface area contributed by atoms with Crippen molar-refractivity contribution in [2.75, 3.05) is 19.6 Å². The molecule has 1 saturated heterocycles. The second kappa shape index (κ2) is 6.71. The topological polar surface area (TPSA) is 70.2 Å². The zero-order valence-corrected chi connectivity index (χ0v) is 13.7. The number of benzene rings is 1. The Hall–Kier alpha value is -1.88. The van der Waals surface area contributed by atoms with Gasteiger partial charge in [0, 0.05) is 24.6 Å². The van der Waals surface area contributed by atoms with Crippen LogP contribution in [0.3, 0.4) is 0 Å². The van der Waals surface area contributed by atoms with E-state index in [0.29, 0.717) is 18.7 Å². The molecule has 2 aliphatic rings. The maximum absolute atomic E-state index is 12.3. The van der Waals surface area contributed by atoms with Gasteiger partial charge in [-0.25, -0.2) is 0 Å². The SMILES string of the molecule is CCNC(=O)c1ccc(CNC(=O)C2CC23CCNCC3)cc1. The lowest BCUT2D eigenvalue weighted by molar-refractivity contribution is -0.123. The van der Waals surface area contributed by atoms with Crippen LogP contribution in [0.25, 0.3) is 0 Å². The summed E-state index contributed by atoms with van der Waals surface area (Å²) in [5.74, 6) is 0.313. The number of carbonyl (C=O) groups is 2. The minimum atomic E-state index is -0.0612. The number of piperidine rings is 1. The van der Waals surface area contributed by atoms with Gasteiger partial charge in [0.1, 0.15) is 0 Å². The van der Waals surface area contributed by atoms with E-state index in [-0.39, 0.29) is 23.1 Å². The first kappa shape index (κ1) is 16.0. The highest BCUT2D eigenvalue weighted by atomic mass is 16.2. The van der Waals surface area contributed by atoms with E-state index in [1.54, 1.807) is 12.1 Å². The molecule has 1 unspecified atom stereocenters. The lowest BCUT2D eigenvalue weighted by atomic mass is 9.92. The standard InChI is InChI=1S/C18H25N3O2/c1-2-20-16(22)14-5-3-13(4-6-14)12-21-17(23)15-11-18(15)7-9-19-10-8-18/h3-6,15,19H,2,7-12H2,1H3,(H,20,22)(H,21,23). The van der Waals surface area contributed by atoms with Crippen molar-refractivity contribution in [3.8, 4) is 0 Å². The van der Waals surface area contributed by atoms with Crippen LogP contribution in [-0.4, -0.2) is 31.4 Å². The van der Waals surface area contributed by atoms with Crippen LogP contribution in [0.1, 0.15) is 42.1 Å². The molecule has 1 aromatic rings. The minimum Gasteiger partial charge on any atom is -0.352 e. The monoisotopic (exact) mass is 315 g/mol. The van der Waals surface area contributed by atoms with Gasteiger partial charge >= 0.3 is 0 Å². The van der Waals surface area contributed by atoms with Gasteiger partial charge in [0.15, 0.2) is 0 Å². The number of amides is 2. The Morgan fingerprint density at radius 1 is 1.17 bits per heavy atom. The van der Waals surface area contributed by atoms with Crippen molar-refractivity contribution in [1.29, 1.82) is 0 Å². The summed E-state index contributed by atoms with van der Waals surface area (Å²) in [6.45, 7) is 5.11. The largest absolute Gasteiger partial charge is 0.352 e. The molecule has 2 fully saturated rings. The van der Waals surface area contributed by atoms with Gasteiger partial charge in [0.2, 0.25) is 5.91 Å². The van der Waals surface area contributed by atoms with E-state index < -0.39 is 0 Å². The molecule has 1 spiro atoms. The van der Waals surface area contributed by atoms with Crippen LogP contribution in [-0.2, 0) is 11.3 Å². The normalized spacial score (nSPS) is 21.7. The summed E-state index contributed by atoms with van der Waals surface area (Å²) >= 11 is 0. The third kappa shape index (κ3) is 3.55. The van der Waals surface area contributed by atoms with Gasteiger partial charge in [-0.2, -0.15) is 0 Å². The number of carbonyl (C=O) groups excluding carboxylic acids is 2. The van der Waals surface area contributed by atoms with Crippen molar-refractivity contribution in [2.45, 2.75) is 32.7 Å². The summed E-state index contributed by atoms with van der Waals surface area (Å²) in [4.78, 5) is 24.0. The van der Waals surface area contributed by atoms with Gasteiger partial charge in [0.05, 0.1) is 0 Å². The molecule has 0 aromatic heterocycles. The molecular formula is C18H25N3O2. The molecule has 1 saturated carbocycles. The van der Waals surface area contributed by atoms with E-state index in [0.717, 1.165) is 37.9 Å². The van der Waals surface area contributed by atoms with E-state index in [1.807, 2.05) is 19.1 Å². The van der Waals surface area contributed by atoms with Crippen molar-refractivity contribution in [2.24, 2.45) is 11.3 Å². The fourth-order valence-electron chi connectivity index (χ4n) is 3.54. The van der Waals surface area contributed by atoms with Gasteiger partial charge in [0.25, 0.3) is 5.91 Å². The molecule has 3 rings (SSSR count). The highest BCUT2D eigenvalue weighted by Crippen LogP contribution is 2.58. The zero-order valence-electron chi connectivity index (χ0n) is 13.7. The molecule has 23 heavy (non-hydrogen) atoms. The van der Waals surface area contributed by atoms with Gasteiger partial charge in [-0.3, -0.25) is 9.59 Å². The molecule has 0 radical (unpaired) electrons. The summed E-state index contributed by atoms with van der Waals surface area (Å²) in [6, 6.07) is 7.41. The van der Waals surface area contributed by atoms with Crippen LogP contribution in [0.5, 0.6) is 0 Å². The van der Waals surface area contributed by atoms with Crippen molar-refractivity contribution in [3.63, 3.8) is 0 Å². The Bertz CT molecular complexity index is 576. The van der Waals surface area contributed by atoms with Gasteiger partial charge in [-0.1, -0.05) is 12.1 Å². The van der Waals surface area contributed by atoms with E-state index >= 15 is 0 Å². The van der Waals surface area contributed by atoms with E-state index in [4.69, 9.17) is 0 Å². The predicted octanol–water partition coefficient (Wildman–Crippen LogP) is 1.44. The third-order valence-electron chi connectivity index (χ3n) is 5.13.